The molecule has 2 heterocycles. The van der Waals surface area contributed by atoms with Crippen molar-refractivity contribution < 1.29 is 9.53 Å². The summed E-state index contributed by atoms with van der Waals surface area (Å²) >= 11 is 1.42. The third-order valence-corrected chi connectivity index (χ3v) is 7.37. The van der Waals surface area contributed by atoms with Gasteiger partial charge in [-0.3, -0.25) is 9.59 Å². The van der Waals surface area contributed by atoms with Crippen LogP contribution >= 0.6 is 11.8 Å². The first-order chi connectivity index (χ1) is 17.3. The summed E-state index contributed by atoms with van der Waals surface area (Å²) in [6.45, 7) is 8.40. The summed E-state index contributed by atoms with van der Waals surface area (Å²) in [4.78, 5) is 34.4. The normalized spacial score (nSPS) is 18.2. The maximum Gasteiger partial charge on any atom is 0.257 e. The number of allylic oxidation sites excluding steroid dienone is 2. The number of aromatic nitrogens is 2. The molecule has 0 bridgehead atoms. The number of fused-ring (bicyclic) bond motifs is 1. The molecule has 0 spiro atoms. The molecule has 2 N–H and O–H groups in total. The lowest BCUT2D eigenvalue weighted by Gasteiger charge is -2.38. The van der Waals surface area contributed by atoms with Crippen LogP contribution in [0.25, 0.3) is 0 Å². The van der Waals surface area contributed by atoms with Gasteiger partial charge in [-0.15, -0.1) is 6.58 Å². The van der Waals surface area contributed by atoms with Crippen LogP contribution in [0.1, 0.15) is 49.3 Å². The number of benzene rings is 2. The molecular weight excluding hydrogens is 470 g/mol. The molecule has 1 aliphatic heterocycles. The standard InChI is InChI=1S/C29H29N3O3S/c1-4-14-36-28-31-26-25(27(34)32-28)23(24-21(30-26)15-29(2,3)16-22(24)33)19-10-12-20(13-11-19)35-17-18-8-6-5-7-9-18/h4-13,23H,1,14-17H2,2-3H3,(H2,30,31,32,34)/t23-/m0/s1. The van der Waals surface area contributed by atoms with Crippen molar-refractivity contribution in [1.29, 1.82) is 0 Å². The molecule has 0 saturated carbocycles. The Kier molecular flexibility index (Phi) is 6.58. The van der Waals surface area contributed by atoms with Crippen LogP contribution in [0.4, 0.5) is 5.82 Å². The molecule has 7 heteroatoms. The molecule has 2 aromatic carbocycles. The summed E-state index contributed by atoms with van der Waals surface area (Å²) in [5.41, 5.74) is 3.54. The molecule has 1 aromatic heterocycles. The SMILES string of the molecule is C=CCSc1nc2c(c(=O)[nH]1)[C@@H](c1ccc(OCc3ccccc3)cc1)C1=C(CC(C)(C)CC1=O)N2. The monoisotopic (exact) mass is 499 g/mol. The minimum absolute atomic E-state index is 0.0679. The van der Waals surface area contributed by atoms with Crippen LogP contribution in [-0.2, 0) is 11.4 Å². The molecule has 5 rings (SSSR count). The number of carbonyl (C=O) groups is 1. The van der Waals surface area contributed by atoms with E-state index in [-0.39, 0.29) is 16.8 Å². The summed E-state index contributed by atoms with van der Waals surface area (Å²) in [5.74, 6) is 1.46. The fraction of sp³-hybridized carbons (Fsp3) is 0.276. The molecule has 184 valence electrons. The van der Waals surface area contributed by atoms with Gasteiger partial charge in [0, 0.05) is 29.4 Å². The molecule has 0 radical (unpaired) electrons. The van der Waals surface area contributed by atoms with E-state index < -0.39 is 5.92 Å². The van der Waals surface area contributed by atoms with Crippen LogP contribution in [0.15, 0.2) is 88.5 Å². The number of aromatic amines is 1. The number of ketones is 1. The lowest BCUT2D eigenvalue weighted by Crippen LogP contribution is -2.37. The summed E-state index contributed by atoms with van der Waals surface area (Å²) in [6.07, 6.45) is 2.92. The van der Waals surface area contributed by atoms with Crippen LogP contribution in [0.5, 0.6) is 5.75 Å². The average Bonchev–Trinajstić information content (AvgIpc) is 2.85. The fourth-order valence-electron chi connectivity index (χ4n) is 4.93. The van der Waals surface area contributed by atoms with Crippen molar-refractivity contribution in [1.82, 2.24) is 9.97 Å². The number of nitrogens with zero attached hydrogens (tertiary/aromatic N) is 1. The van der Waals surface area contributed by atoms with Crippen LogP contribution in [-0.4, -0.2) is 21.5 Å². The van der Waals surface area contributed by atoms with Gasteiger partial charge in [-0.05, 0) is 35.1 Å². The number of ether oxygens (including phenoxy) is 1. The number of carbonyl (C=O) groups excluding carboxylic acids is 1. The molecule has 0 amide bonds. The Morgan fingerprint density at radius 1 is 1.11 bits per heavy atom. The van der Waals surface area contributed by atoms with Gasteiger partial charge in [0.2, 0.25) is 0 Å². The third kappa shape index (κ3) is 4.88. The summed E-state index contributed by atoms with van der Waals surface area (Å²) in [7, 11) is 0. The van der Waals surface area contributed by atoms with E-state index in [9.17, 15) is 9.59 Å². The Morgan fingerprint density at radius 3 is 2.58 bits per heavy atom. The van der Waals surface area contributed by atoms with Gasteiger partial charge in [-0.1, -0.05) is 74.1 Å². The molecule has 0 fully saturated rings. The first-order valence-electron chi connectivity index (χ1n) is 12.0. The van der Waals surface area contributed by atoms with E-state index in [0.29, 0.717) is 47.3 Å². The Balaban J connectivity index is 1.53. The van der Waals surface area contributed by atoms with Crippen molar-refractivity contribution in [3.8, 4) is 5.75 Å². The first-order valence-corrected chi connectivity index (χ1v) is 13.0. The quantitative estimate of drug-likeness (QED) is 0.242. The first kappa shape index (κ1) is 24.1. The van der Waals surface area contributed by atoms with Gasteiger partial charge in [0.15, 0.2) is 10.9 Å². The molecule has 6 nitrogen and oxygen atoms in total. The van der Waals surface area contributed by atoms with Crippen molar-refractivity contribution in [2.24, 2.45) is 5.41 Å². The fourth-order valence-corrected chi connectivity index (χ4v) is 5.53. The predicted molar refractivity (Wildman–Crippen MR) is 144 cm³/mol. The lowest BCUT2D eigenvalue weighted by molar-refractivity contribution is -0.118. The smallest absolute Gasteiger partial charge is 0.257 e. The molecule has 2 aliphatic rings. The van der Waals surface area contributed by atoms with Crippen LogP contribution in [0, 0.1) is 5.41 Å². The minimum Gasteiger partial charge on any atom is -0.489 e. The highest BCUT2D eigenvalue weighted by Gasteiger charge is 2.42. The van der Waals surface area contributed by atoms with Gasteiger partial charge in [0.05, 0.1) is 5.56 Å². The zero-order valence-electron chi connectivity index (χ0n) is 20.5. The molecular formula is C29H29N3O3S. The minimum atomic E-state index is -0.488. The van der Waals surface area contributed by atoms with Crippen LogP contribution < -0.4 is 15.6 Å². The number of rotatable bonds is 7. The van der Waals surface area contributed by atoms with Gasteiger partial charge >= 0.3 is 0 Å². The molecule has 1 atom stereocenters. The number of anilines is 1. The molecule has 0 saturated heterocycles. The van der Waals surface area contributed by atoms with Gasteiger partial charge in [-0.25, -0.2) is 4.98 Å². The van der Waals surface area contributed by atoms with Crippen LogP contribution in [0.3, 0.4) is 0 Å². The van der Waals surface area contributed by atoms with Crippen LogP contribution in [0.2, 0.25) is 0 Å². The van der Waals surface area contributed by atoms with Crippen molar-refractivity contribution >= 4 is 23.4 Å². The van der Waals surface area contributed by atoms with E-state index in [1.807, 2.05) is 54.6 Å². The summed E-state index contributed by atoms with van der Waals surface area (Å²) in [6, 6.07) is 17.7. The van der Waals surface area contributed by atoms with E-state index in [2.05, 4.69) is 30.7 Å². The molecule has 1 aliphatic carbocycles. The predicted octanol–water partition coefficient (Wildman–Crippen LogP) is 5.83. The Hall–Kier alpha value is -3.58. The Labute approximate surface area is 214 Å². The van der Waals surface area contributed by atoms with Gasteiger partial charge < -0.3 is 15.0 Å². The summed E-state index contributed by atoms with van der Waals surface area (Å²) in [5, 5.41) is 3.88. The second-order valence-electron chi connectivity index (χ2n) is 9.97. The number of hydrogen-bond acceptors (Lipinski definition) is 6. The third-order valence-electron chi connectivity index (χ3n) is 6.50. The average molecular weight is 500 g/mol. The topological polar surface area (TPSA) is 84.1 Å². The van der Waals surface area contributed by atoms with Gasteiger partial charge in [0.25, 0.3) is 5.56 Å². The highest BCUT2D eigenvalue weighted by molar-refractivity contribution is 7.99. The molecule has 3 aromatic rings. The van der Waals surface area contributed by atoms with E-state index >= 15 is 0 Å². The van der Waals surface area contributed by atoms with Gasteiger partial charge in [0.1, 0.15) is 18.2 Å². The maximum atomic E-state index is 13.4. The van der Waals surface area contributed by atoms with Crippen molar-refractivity contribution in [3.05, 3.63) is 106 Å². The zero-order chi connectivity index (χ0) is 25.3. The maximum absolute atomic E-state index is 13.4. The zero-order valence-corrected chi connectivity index (χ0v) is 21.3. The van der Waals surface area contributed by atoms with E-state index in [4.69, 9.17) is 9.72 Å². The highest BCUT2D eigenvalue weighted by atomic mass is 32.2. The number of H-pyrrole nitrogens is 1. The van der Waals surface area contributed by atoms with E-state index in [1.54, 1.807) is 6.08 Å². The second-order valence-corrected chi connectivity index (χ2v) is 11.0. The van der Waals surface area contributed by atoms with Crippen molar-refractivity contribution in [2.75, 3.05) is 11.1 Å². The number of nitrogens with one attached hydrogen (secondary N) is 2. The van der Waals surface area contributed by atoms with E-state index in [1.165, 1.54) is 11.8 Å². The van der Waals surface area contributed by atoms with Gasteiger partial charge in [-0.2, -0.15) is 0 Å². The van der Waals surface area contributed by atoms with E-state index in [0.717, 1.165) is 22.6 Å². The molecule has 36 heavy (non-hydrogen) atoms. The highest BCUT2D eigenvalue weighted by Crippen LogP contribution is 2.47. The second kappa shape index (κ2) is 9.82. The molecule has 0 unspecified atom stereocenters. The summed E-state index contributed by atoms with van der Waals surface area (Å²) < 4.78 is 5.95. The van der Waals surface area contributed by atoms with Crippen molar-refractivity contribution in [3.63, 3.8) is 0 Å². The van der Waals surface area contributed by atoms with Crippen molar-refractivity contribution in [2.45, 2.75) is 44.4 Å². The lowest BCUT2D eigenvalue weighted by atomic mass is 9.69. The number of thioether (sulfide) groups is 1. The Morgan fingerprint density at radius 2 is 1.86 bits per heavy atom. The Bertz CT molecular complexity index is 1390. The number of Topliss-reactive ketones (excluding diaryl/α,β-unsaturated/α-hetero) is 1. The largest absolute Gasteiger partial charge is 0.489 e. The number of hydrogen-bond donors (Lipinski definition) is 2.